The third kappa shape index (κ3) is 2.69. The topological polar surface area (TPSA) is 86.9 Å². The maximum absolute atomic E-state index is 12.1. The van der Waals surface area contributed by atoms with Gasteiger partial charge in [-0.15, -0.1) is 0 Å². The van der Waals surface area contributed by atoms with E-state index in [1.165, 1.54) is 6.20 Å². The summed E-state index contributed by atoms with van der Waals surface area (Å²) in [6.45, 7) is 3.64. The molecule has 0 atom stereocenters. The van der Waals surface area contributed by atoms with Gasteiger partial charge in [0.25, 0.3) is 11.8 Å². The van der Waals surface area contributed by atoms with Crippen molar-refractivity contribution in [1.29, 1.82) is 0 Å². The second-order valence-electron chi connectivity index (χ2n) is 4.47. The van der Waals surface area contributed by atoms with E-state index in [4.69, 9.17) is 0 Å². The molecule has 0 unspecified atom stereocenters. The van der Waals surface area contributed by atoms with E-state index in [1.54, 1.807) is 32.2 Å². The van der Waals surface area contributed by atoms with Crippen molar-refractivity contribution in [1.82, 2.24) is 15.5 Å². The van der Waals surface area contributed by atoms with Crippen molar-refractivity contribution >= 4 is 17.5 Å². The van der Waals surface area contributed by atoms with Gasteiger partial charge in [-0.3, -0.25) is 14.7 Å². The van der Waals surface area contributed by atoms with Crippen LogP contribution in [-0.4, -0.2) is 29.1 Å². The van der Waals surface area contributed by atoms with Crippen LogP contribution in [0.1, 0.15) is 32.0 Å². The van der Waals surface area contributed by atoms with E-state index in [-0.39, 0.29) is 11.8 Å². The van der Waals surface area contributed by atoms with Gasteiger partial charge in [-0.25, -0.2) is 0 Å². The van der Waals surface area contributed by atoms with Gasteiger partial charge in [-0.2, -0.15) is 5.10 Å². The Morgan fingerprint density at radius 1 is 1.20 bits per heavy atom. The Kier molecular flexibility index (Phi) is 3.84. The number of benzene rings is 1. The monoisotopic (exact) mass is 272 g/mol. The highest BCUT2D eigenvalue weighted by molar-refractivity contribution is 6.06. The molecule has 0 aliphatic carbocycles. The molecule has 0 fully saturated rings. The summed E-state index contributed by atoms with van der Waals surface area (Å²) in [5, 5.41) is 11.9. The zero-order chi connectivity index (χ0) is 14.7. The molecule has 1 aromatic heterocycles. The quantitative estimate of drug-likeness (QED) is 0.793. The lowest BCUT2D eigenvalue weighted by Crippen LogP contribution is -2.19. The van der Waals surface area contributed by atoms with Crippen LogP contribution in [0.3, 0.4) is 0 Å². The summed E-state index contributed by atoms with van der Waals surface area (Å²) in [7, 11) is 1.56. The van der Waals surface area contributed by atoms with Gasteiger partial charge in [-0.05, 0) is 31.5 Å². The van der Waals surface area contributed by atoms with E-state index < -0.39 is 0 Å². The molecule has 0 saturated carbocycles. The molecule has 3 N–H and O–H groups in total. The highest BCUT2D eigenvalue weighted by Crippen LogP contribution is 2.18. The van der Waals surface area contributed by atoms with Crippen LogP contribution < -0.4 is 10.6 Å². The van der Waals surface area contributed by atoms with Gasteiger partial charge < -0.3 is 10.6 Å². The molecule has 0 aliphatic heterocycles. The summed E-state index contributed by atoms with van der Waals surface area (Å²) in [4.78, 5) is 23.7. The Morgan fingerprint density at radius 3 is 2.55 bits per heavy atom. The summed E-state index contributed by atoms with van der Waals surface area (Å²) in [5.41, 5.74) is 3.17. The minimum absolute atomic E-state index is 0.194. The first-order chi connectivity index (χ1) is 9.52. The third-order valence-corrected chi connectivity index (χ3v) is 3.05. The normalized spacial score (nSPS) is 10.2. The van der Waals surface area contributed by atoms with Gasteiger partial charge in [-0.1, -0.05) is 6.07 Å². The molecule has 2 rings (SSSR count). The molecule has 0 bridgehead atoms. The Balaban J connectivity index is 2.27. The number of rotatable bonds is 3. The summed E-state index contributed by atoms with van der Waals surface area (Å²) in [6, 6.07) is 5.16. The van der Waals surface area contributed by atoms with Crippen molar-refractivity contribution in [2.24, 2.45) is 0 Å². The SMILES string of the molecule is CNC(=O)c1ccc(C)c(NC(=O)c2cn[nH]c2C)c1. The number of anilines is 1. The molecule has 0 spiro atoms. The first kappa shape index (κ1) is 13.8. The van der Waals surface area contributed by atoms with E-state index in [0.29, 0.717) is 22.5 Å². The molecule has 0 aliphatic rings. The molecule has 6 heteroatoms. The lowest BCUT2D eigenvalue weighted by atomic mass is 10.1. The minimum atomic E-state index is -0.256. The Labute approximate surface area is 116 Å². The van der Waals surface area contributed by atoms with Crippen molar-refractivity contribution < 1.29 is 9.59 Å². The first-order valence-electron chi connectivity index (χ1n) is 6.17. The number of hydrogen-bond acceptors (Lipinski definition) is 3. The number of nitrogens with one attached hydrogen (secondary N) is 3. The average molecular weight is 272 g/mol. The van der Waals surface area contributed by atoms with Crippen molar-refractivity contribution in [3.05, 3.63) is 46.8 Å². The molecule has 104 valence electrons. The van der Waals surface area contributed by atoms with E-state index in [0.717, 1.165) is 5.56 Å². The number of aromatic nitrogens is 2. The molecule has 2 amide bonds. The molecule has 2 aromatic rings. The van der Waals surface area contributed by atoms with E-state index in [9.17, 15) is 9.59 Å². The number of amides is 2. The number of aromatic amines is 1. The number of aryl methyl sites for hydroxylation is 2. The largest absolute Gasteiger partial charge is 0.355 e. The summed E-state index contributed by atoms with van der Waals surface area (Å²) in [6.07, 6.45) is 1.47. The van der Waals surface area contributed by atoms with Crippen LogP contribution in [0.5, 0.6) is 0 Å². The maximum Gasteiger partial charge on any atom is 0.259 e. The predicted molar refractivity (Wildman–Crippen MR) is 75.8 cm³/mol. The fraction of sp³-hybridized carbons (Fsp3) is 0.214. The Morgan fingerprint density at radius 2 is 1.95 bits per heavy atom. The van der Waals surface area contributed by atoms with Gasteiger partial charge in [0.1, 0.15) is 0 Å². The van der Waals surface area contributed by atoms with Crippen LogP contribution in [-0.2, 0) is 0 Å². The molecule has 1 heterocycles. The zero-order valence-electron chi connectivity index (χ0n) is 11.6. The second-order valence-corrected chi connectivity index (χ2v) is 4.47. The summed E-state index contributed by atoms with van der Waals surface area (Å²) >= 11 is 0. The predicted octanol–water partition coefficient (Wildman–Crippen LogP) is 1.64. The first-order valence-corrected chi connectivity index (χ1v) is 6.17. The van der Waals surface area contributed by atoms with Gasteiger partial charge in [0.2, 0.25) is 0 Å². The van der Waals surface area contributed by atoms with Crippen molar-refractivity contribution in [2.45, 2.75) is 13.8 Å². The van der Waals surface area contributed by atoms with Crippen LogP contribution in [0.15, 0.2) is 24.4 Å². The van der Waals surface area contributed by atoms with E-state index in [2.05, 4.69) is 20.8 Å². The molecule has 6 nitrogen and oxygen atoms in total. The fourth-order valence-electron chi connectivity index (χ4n) is 1.81. The molecule has 1 aromatic carbocycles. The van der Waals surface area contributed by atoms with Gasteiger partial charge in [0.05, 0.1) is 11.8 Å². The third-order valence-electron chi connectivity index (χ3n) is 3.05. The fourth-order valence-corrected chi connectivity index (χ4v) is 1.81. The van der Waals surface area contributed by atoms with Gasteiger partial charge >= 0.3 is 0 Å². The molecule has 0 saturated heterocycles. The van der Waals surface area contributed by atoms with Crippen molar-refractivity contribution in [3.63, 3.8) is 0 Å². The van der Waals surface area contributed by atoms with Crippen LogP contribution in [0.2, 0.25) is 0 Å². The Bertz CT molecular complexity index is 661. The number of hydrogen-bond donors (Lipinski definition) is 3. The summed E-state index contributed by atoms with van der Waals surface area (Å²) < 4.78 is 0. The van der Waals surface area contributed by atoms with Crippen LogP contribution in [0.4, 0.5) is 5.69 Å². The second kappa shape index (κ2) is 5.56. The van der Waals surface area contributed by atoms with Crippen molar-refractivity contribution in [3.8, 4) is 0 Å². The maximum atomic E-state index is 12.1. The van der Waals surface area contributed by atoms with E-state index >= 15 is 0 Å². The zero-order valence-corrected chi connectivity index (χ0v) is 11.6. The summed E-state index contributed by atoms with van der Waals surface area (Å²) in [5.74, 6) is -0.451. The van der Waals surface area contributed by atoms with Crippen LogP contribution >= 0.6 is 0 Å². The number of carbonyl (C=O) groups excluding carboxylic acids is 2. The van der Waals surface area contributed by atoms with Crippen LogP contribution in [0.25, 0.3) is 0 Å². The minimum Gasteiger partial charge on any atom is -0.355 e. The van der Waals surface area contributed by atoms with Gasteiger partial charge in [0, 0.05) is 24.0 Å². The number of carbonyl (C=O) groups is 2. The number of nitrogens with zero attached hydrogens (tertiary/aromatic N) is 1. The standard InChI is InChI=1S/C14H16N4O2/c1-8-4-5-10(13(19)15-3)6-12(8)17-14(20)11-7-16-18-9(11)2/h4-7H,1-3H3,(H,15,19)(H,16,18)(H,17,20). The van der Waals surface area contributed by atoms with E-state index in [1.807, 2.05) is 6.92 Å². The van der Waals surface area contributed by atoms with Gasteiger partial charge in [0.15, 0.2) is 0 Å². The highest BCUT2D eigenvalue weighted by atomic mass is 16.2. The molecule has 0 radical (unpaired) electrons. The lowest BCUT2D eigenvalue weighted by Gasteiger charge is -2.10. The van der Waals surface area contributed by atoms with Crippen molar-refractivity contribution in [2.75, 3.05) is 12.4 Å². The molecular formula is C14H16N4O2. The molecule has 20 heavy (non-hydrogen) atoms. The lowest BCUT2D eigenvalue weighted by molar-refractivity contribution is 0.0961. The van der Waals surface area contributed by atoms with Crippen LogP contribution in [0, 0.1) is 13.8 Å². The molecular weight excluding hydrogens is 256 g/mol. The average Bonchev–Trinajstić information content (AvgIpc) is 2.86. The Hall–Kier alpha value is -2.63. The smallest absolute Gasteiger partial charge is 0.259 e. The number of H-pyrrole nitrogens is 1. The highest BCUT2D eigenvalue weighted by Gasteiger charge is 2.13.